The minimum Gasteiger partial charge on any atom is -0.360 e. The Morgan fingerprint density at radius 2 is 1.89 bits per heavy atom. The first-order valence-corrected chi connectivity index (χ1v) is 7.57. The first-order chi connectivity index (χ1) is 9.22. The quantitative estimate of drug-likeness (QED) is 0.847. The van der Waals surface area contributed by atoms with Gasteiger partial charge in [0, 0.05) is 6.54 Å². The van der Waals surface area contributed by atoms with Crippen molar-refractivity contribution in [2.24, 2.45) is 0 Å². The average molecular weight is 298 g/mol. The van der Waals surface area contributed by atoms with Crippen LogP contribution in [-0.4, -0.2) is 32.8 Å². The largest absolute Gasteiger partial charge is 0.360 e. The van der Waals surface area contributed by atoms with Crippen molar-refractivity contribution in [2.45, 2.75) is 26.7 Å². The highest BCUT2D eigenvalue weighted by Gasteiger charge is 2.14. The molecule has 0 saturated heterocycles. The van der Waals surface area contributed by atoms with E-state index in [0.29, 0.717) is 15.3 Å². The molecule has 0 aliphatic heterocycles. The number of aryl methyl sites for hydroxylation is 1. The van der Waals surface area contributed by atoms with E-state index < -0.39 is 0 Å². The highest BCUT2D eigenvalue weighted by molar-refractivity contribution is 7.17. The molecule has 0 aliphatic carbocycles. The summed E-state index contributed by atoms with van der Waals surface area (Å²) in [5.74, 6) is -0.305. The number of nitrogens with zero attached hydrogens (tertiary/aromatic N) is 4. The molecule has 0 fully saturated rings. The van der Waals surface area contributed by atoms with Gasteiger partial charge in [0.05, 0.1) is 0 Å². The molecule has 7 nitrogen and oxygen atoms in total. The normalized spacial score (nSPS) is 10.4. The second kappa shape index (κ2) is 6.53. The van der Waals surface area contributed by atoms with Crippen LogP contribution in [0.4, 0.5) is 10.3 Å². The standard InChI is InChI=1S/C10H14N6OS2/c1-3-5-11-9-15-14-8(19-9)7(17)12-10-16-13-6(4-2)18-10/h3-5H2,1-2H3,(H,11,15)(H,12,16,17). The molecule has 19 heavy (non-hydrogen) atoms. The summed E-state index contributed by atoms with van der Waals surface area (Å²) < 4.78 is 0. The topological polar surface area (TPSA) is 92.7 Å². The number of hydrogen-bond donors (Lipinski definition) is 2. The molecular formula is C10H14N6OS2. The van der Waals surface area contributed by atoms with Crippen molar-refractivity contribution in [3.8, 4) is 0 Å². The van der Waals surface area contributed by atoms with Crippen molar-refractivity contribution in [2.75, 3.05) is 17.2 Å². The van der Waals surface area contributed by atoms with Gasteiger partial charge in [0.25, 0.3) is 5.91 Å². The maximum absolute atomic E-state index is 11.9. The molecule has 0 bridgehead atoms. The van der Waals surface area contributed by atoms with Crippen molar-refractivity contribution < 1.29 is 4.79 Å². The van der Waals surface area contributed by atoms with Crippen LogP contribution in [-0.2, 0) is 6.42 Å². The van der Waals surface area contributed by atoms with E-state index in [9.17, 15) is 4.79 Å². The number of nitrogens with one attached hydrogen (secondary N) is 2. The van der Waals surface area contributed by atoms with Gasteiger partial charge in [0.2, 0.25) is 15.3 Å². The fourth-order valence-electron chi connectivity index (χ4n) is 1.22. The molecule has 2 aromatic heterocycles. The Balaban J connectivity index is 1.97. The molecule has 102 valence electrons. The van der Waals surface area contributed by atoms with Gasteiger partial charge in [-0.15, -0.1) is 20.4 Å². The van der Waals surface area contributed by atoms with Crippen LogP contribution in [0.25, 0.3) is 0 Å². The highest BCUT2D eigenvalue weighted by atomic mass is 32.1. The van der Waals surface area contributed by atoms with Crippen LogP contribution in [0.5, 0.6) is 0 Å². The third kappa shape index (κ3) is 3.67. The van der Waals surface area contributed by atoms with E-state index in [1.807, 2.05) is 6.92 Å². The number of rotatable bonds is 6. The molecule has 0 aromatic carbocycles. The van der Waals surface area contributed by atoms with Gasteiger partial charge in [-0.05, 0) is 12.8 Å². The summed E-state index contributed by atoms with van der Waals surface area (Å²) in [6.45, 7) is 4.86. The Kier molecular flexibility index (Phi) is 4.74. The maximum atomic E-state index is 11.9. The fraction of sp³-hybridized carbons (Fsp3) is 0.500. The van der Waals surface area contributed by atoms with E-state index in [-0.39, 0.29) is 5.91 Å². The third-order valence-electron chi connectivity index (χ3n) is 2.14. The number of carbonyl (C=O) groups excluding carboxylic acids is 1. The van der Waals surface area contributed by atoms with Crippen LogP contribution in [0.15, 0.2) is 0 Å². The van der Waals surface area contributed by atoms with Crippen LogP contribution < -0.4 is 10.6 Å². The van der Waals surface area contributed by atoms with Crippen molar-refractivity contribution in [1.29, 1.82) is 0 Å². The second-order valence-corrected chi connectivity index (χ2v) is 5.69. The molecule has 2 aromatic rings. The summed E-state index contributed by atoms with van der Waals surface area (Å²) in [5.41, 5.74) is 0. The molecule has 2 heterocycles. The van der Waals surface area contributed by atoms with Gasteiger partial charge in [-0.3, -0.25) is 10.1 Å². The van der Waals surface area contributed by atoms with E-state index in [2.05, 4.69) is 38.0 Å². The minimum absolute atomic E-state index is 0.305. The SMILES string of the molecule is CCCNc1nnc(C(=O)Nc2nnc(CC)s2)s1. The van der Waals surface area contributed by atoms with E-state index in [1.54, 1.807) is 0 Å². The molecule has 9 heteroatoms. The monoisotopic (exact) mass is 298 g/mol. The van der Waals surface area contributed by atoms with Crippen molar-refractivity contribution in [1.82, 2.24) is 20.4 Å². The number of carbonyl (C=O) groups is 1. The van der Waals surface area contributed by atoms with Gasteiger partial charge in [-0.25, -0.2) is 0 Å². The van der Waals surface area contributed by atoms with Crippen molar-refractivity contribution >= 4 is 38.8 Å². The van der Waals surface area contributed by atoms with Crippen molar-refractivity contribution in [3.05, 3.63) is 10.0 Å². The van der Waals surface area contributed by atoms with Gasteiger partial charge >= 0.3 is 0 Å². The zero-order valence-electron chi connectivity index (χ0n) is 10.6. The van der Waals surface area contributed by atoms with Gasteiger partial charge in [0.15, 0.2) is 0 Å². The molecule has 0 saturated carbocycles. The lowest BCUT2D eigenvalue weighted by molar-refractivity contribution is 0.102. The smallest absolute Gasteiger partial charge is 0.288 e. The Bertz CT molecular complexity index is 552. The number of hydrogen-bond acceptors (Lipinski definition) is 8. The highest BCUT2D eigenvalue weighted by Crippen LogP contribution is 2.19. The average Bonchev–Trinajstić information content (AvgIpc) is 3.04. The van der Waals surface area contributed by atoms with Crippen molar-refractivity contribution in [3.63, 3.8) is 0 Å². The maximum Gasteiger partial charge on any atom is 0.288 e. The summed E-state index contributed by atoms with van der Waals surface area (Å²) in [5, 5.41) is 23.7. The van der Waals surface area contributed by atoms with E-state index in [4.69, 9.17) is 0 Å². The molecule has 2 N–H and O–H groups in total. The van der Waals surface area contributed by atoms with E-state index in [1.165, 1.54) is 22.7 Å². The zero-order chi connectivity index (χ0) is 13.7. The summed E-state index contributed by atoms with van der Waals surface area (Å²) in [6, 6.07) is 0. The summed E-state index contributed by atoms with van der Waals surface area (Å²) in [6.07, 6.45) is 1.79. The van der Waals surface area contributed by atoms with Crippen LogP contribution >= 0.6 is 22.7 Å². The molecular weight excluding hydrogens is 284 g/mol. The minimum atomic E-state index is -0.305. The Morgan fingerprint density at radius 3 is 2.58 bits per heavy atom. The van der Waals surface area contributed by atoms with E-state index >= 15 is 0 Å². The number of aromatic nitrogens is 4. The lowest BCUT2D eigenvalue weighted by atomic mass is 10.5. The van der Waals surface area contributed by atoms with Crippen LogP contribution in [0.3, 0.4) is 0 Å². The molecule has 0 spiro atoms. The second-order valence-electron chi connectivity index (χ2n) is 3.65. The van der Waals surface area contributed by atoms with Crippen LogP contribution in [0, 0.1) is 0 Å². The van der Waals surface area contributed by atoms with Gasteiger partial charge < -0.3 is 5.32 Å². The first-order valence-electron chi connectivity index (χ1n) is 5.94. The van der Waals surface area contributed by atoms with Gasteiger partial charge in [-0.2, -0.15) is 0 Å². The molecule has 0 radical (unpaired) electrons. The van der Waals surface area contributed by atoms with Crippen LogP contribution in [0.1, 0.15) is 35.1 Å². The lowest BCUT2D eigenvalue weighted by Gasteiger charge is -1.96. The molecule has 2 rings (SSSR count). The van der Waals surface area contributed by atoms with Gasteiger partial charge in [0.1, 0.15) is 5.01 Å². The molecule has 0 atom stereocenters. The molecule has 0 aliphatic rings. The predicted molar refractivity (Wildman–Crippen MR) is 75.9 cm³/mol. The summed E-state index contributed by atoms with van der Waals surface area (Å²) >= 11 is 2.59. The Morgan fingerprint density at radius 1 is 1.11 bits per heavy atom. The number of anilines is 2. The molecule has 0 unspecified atom stereocenters. The summed E-state index contributed by atoms with van der Waals surface area (Å²) in [7, 11) is 0. The van der Waals surface area contributed by atoms with Crippen LogP contribution in [0.2, 0.25) is 0 Å². The number of amides is 1. The lowest BCUT2D eigenvalue weighted by Crippen LogP contribution is -2.11. The zero-order valence-corrected chi connectivity index (χ0v) is 12.3. The first kappa shape index (κ1) is 13.8. The molecule has 1 amide bonds. The Labute approximate surface area is 118 Å². The summed E-state index contributed by atoms with van der Waals surface area (Å²) in [4.78, 5) is 11.9. The predicted octanol–water partition coefficient (Wildman–Crippen LogP) is 2.03. The van der Waals surface area contributed by atoms with Gasteiger partial charge in [-0.1, -0.05) is 36.5 Å². The third-order valence-corrected chi connectivity index (χ3v) is 4.00. The van der Waals surface area contributed by atoms with E-state index in [0.717, 1.165) is 24.4 Å². The Hall–Kier alpha value is -1.61. The fourth-order valence-corrected chi connectivity index (χ4v) is 2.55.